The summed E-state index contributed by atoms with van der Waals surface area (Å²) in [4.78, 5) is 6.89. The van der Waals surface area contributed by atoms with Gasteiger partial charge in [-0.05, 0) is 30.5 Å². The first-order chi connectivity index (χ1) is 15.8. The van der Waals surface area contributed by atoms with E-state index in [1.165, 1.54) is 24.8 Å². The van der Waals surface area contributed by atoms with Gasteiger partial charge in [-0.3, -0.25) is 9.89 Å². The molecule has 1 atom stereocenters. The molecule has 0 amide bonds. The topological polar surface area (TPSA) is 88.8 Å². The monoisotopic (exact) mass is 569 g/mol. The molecule has 0 saturated carbocycles. The molecule has 0 spiro atoms. The van der Waals surface area contributed by atoms with Crippen LogP contribution in [-0.2, 0) is 24.2 Å². The number of nitrogens with zero attached hydrogens (tertiary/aromatic N) is 5. The number of nitrogens with one attached hydrogen (secondary N) is 2. The van der Waals surface area contributed by atoms with Crippen molar-refractivity contribution in [2.45, 2.75) is 44.8 Å². The standard InChI is InChI=1S/C23H35N7O2.HI/c1-24-23(26-17-22-28-27-21-6-4-3-5-11-30(21)22)25-16-20(29-12-14-32-15-13-29)18-7-9-19(31-2)10-8-18;/h7-10,20H,3-6,11-17H2,1-2H3,(H2,24,25,26);1H. The summed E-state index contributed by atoms with van der Waals surface area (Å²) in [7, 11) is 3.50. The number of guanidine groups is 1. The van der Waals surface area contributed by atoms with Crippen molar-refractivity contribution in [3.8, 4) is 5.75 Å². The SMILES string of the molecule is CN=C(NCc1nnc2n1CCCCC2)NCC(c1ccc(OC)cc1)N1CCOCC1.I. The van der Waals surface area contributed by atoms with Crippen molar-refractivity contribution < 1.29 is 9.47 Å². The van der Waals surface area contributed by atoms with Gasteiger partial charge in [0.2, 0.25) is 0 Å². The molecule has 1 unspecified atom stereocenters. The maximum Gasteiger partial charge on any atom is 0.191 e. The van der Waals surface area contributed by atoms with Crippen LogP contribution in [0.2, 0.25) is 0 Å². The van der Waals surface area contributed by atoms with E-state index in [-0.39, 0.29) is 30.0 Å². The number of methoxy groups -OCH3 is 1. The molecule has 182 valence electrons. The van der Waals surface area contributed by atoms with E-state index in [2.05, 4.69) is 47.4 Å². The first kappa shape index (κ1) is 25.7. The summed E-state index contributed by atoms with van der Waals surface area (Å²) in [6.45, 7) is 5.70. The zero-order valence-electron chi connectivity index (χ0n) is 19.6. The van der Waals surface area contributed by atoms with Crippen LogP contribution in [0.25, 0.3) is 0 Å². The highest BCUT2D eigenvalue weighted by Crippen LogP contribution is 2.23. The Labute approximate surface area is 213 Å². The lowest BCUT2D eigenvalue weighted by Crippen LogP contribution is -2.46. The number of morpholine rings is 1. The maximum absolute atomic E-state index is 5.57. The molecule has 0 bridgehead atoms. The third-order valence-corrected chi connectivity index (χ3v) is 6.27. The second-order valence-electron chi connectivity index (χ2n) is 8.24. The molecule has 2 aromatic rings. The van der Waals surface area contributed by atoms with Crippen LogP contribution in [0.4, 0.5) is 0 Å². The number of ether oxygens (including phenoxy) is 2. The van der Waals surface area contributed by atoms with Crippen molar-refractivity contribution in [2.75, 3.05) is 47.0 Å². The van der Waals surface area contributed by atoms with Crippen LogP contribution in [0.3, 0.4) is 0 Å². The average Bonchev–Trinajstić information content (AvgIpc) is 3.07. The number of hydrogen-bond acceptors (Lipinski definition) is 6. The highest BCUT2D eigenvalue weighted by atomic mass is 127. The Morgan fingerprint density at radius 3 is 2.61 bits per heavy atom. The fourth-order valence-electron chi connectivity index (χ4n) is 4.43. The third kappa shape index (κ3) is 6.80. The summed E-state index contributed by atoms with van der Waals surface area (Å²) >= 11 is 0. The number of fused-ring (bicyclic) bond motifs is 1. The Balaban J connectivity index is 0.00000306. The zero-order chi connectivity index (χ0) is 22.2. The molecule has 33 heavy (non-hydrogen) atoms. The first-order valence-electron chi connectivity index (χ1n) is 11.6. The number of rotatable bonds is 7. The molecule has 3 heterocycles. The quantitative estimate of drug-likeness (QED) is 0.301. The zero-order valence-corrected chi connectivity index (χ0v) is 22.0. The van der Waals surface area contributed by atoms with Crippen LogP contribution < -0.4 is 15.4 Å². The van der Waals surface area contributed by atoms with E-state index >= 15 is 0 Å². The van der Waals surface area contributed by atoms with E-state index in [4.69, 9.17) is 9.47 Å². The van der Waals surface area contributed by atoms with Crippen molar-refractivity contribution in [1.82, 2.24) is 30.3 Å². The molecule has 1 aromatic heterocycles. The van der Waals surface area contributed by atoms with Crippen LogP contribution >= 0.6 is 24.0 Å². The summed E-state index contributed by atoms with van der Waals surface area (Å²) < 4.78 is 13.2. The van der Waals surface area contributed by atoms with Gasteiger partial charge in [-0.2, -0.15) is 0 Å². The second-order valence-corrected chi connectivity index (χ2v) is 8.24. The normalized spacial score (nSPS) is 17.9. The minimum absolute atomic E-state index is 0. The van der Waals surface area contributed by atoms with E-state index in [0.29, 0.717) is 6.54 Å². The van der Waals surface area contributed by atoms with Crippen LogP contribution in [0.5, 0.6) is 5.75 Å². The van der Waals surface area contributed by atoms with Gasteiger partial charge in [0.05, 0.1) is 32.9 Å². The summed E-state index contributed by atoms with van der Waals surface area (Å²) in [5.74, 6) is 3.72. The van der Waals surface area contributed by atoms with Gasteiger partial charge < -0.3 is 24.7 Å². The fraction of sp³-hybridized carbons (Fsp3) is 0.609. The predicted octanol–water partition coefficient (Wildman–Crippen LogP) is 2.37. The number of aliphatic imine (C=N–C) groups is 1. The lowest BCUT2D eigenvalue weighted by atomic mass is 10.0. The van der Waals surface area contributed by atoms with Gasteiger partial charge in [-0.1, -0.05) is 18.6 Å². The van der Waals surface area contributed by atoms with E-state index in [1.807, 2.05) is 12.1 Å². The lowest BCUT2D eigenvalue weighted by molar-refractivity contribution is 0.0170. The van der Waals surface area contributed by atoms with Crippen LogP contribution in [0.15, 0.2) is 29.3 Å². The van der Waals surface area contributed by atoms with Crippen molar-refractivity contribution >= 4 is 29.9 Å². The predicted molar refractivity (Wildman–Crippen MR) is 139 cm³/mol. The number of benzene rings is 1. The highest BCUT2D eigenvalue weighted by molar-refractivity contribution is 14.0. The van der Waals surface area contributed by atoms with E-state index in [1.54, 1.807) is 14.2 Å². The molecular formula is C23H36IN7O2. The van der Waals surface area contributed by atoms with E-state index < -0.39 is 0 Å². The number of halogens is 1. The molecule has 0 aliphatic carbocycles. The highest BCUT2D eigenvalue weighted by Gasteiger charge is 2.23. The molecule has 4 rings (SSSR count). The summed E-state index contributed by atoms with van der Waals surface area (Å²) in [5.41, 5.74) is 1.25. The molecule has 0 radical (unpaired) electrons. The van der Waals surface area contributed by atoms with Gasteiger partial charge in [0, 0.05) is 39.6 Å². The van der Waals surface area contributed by atoms with Crippen molar-refractivity contribution in [3.63, 3.8) is 0 Å². The van der Waals surface area contributed by atoms with Gasteiger partial charge >= 0.3 is 0 Å². The van der Waals surface area contributed by atoms with E-state index in [0.717, 1.165) is 69.2 Å². The average molecular weight is 569 g/mol. The van der Waals surface area contributed by atoms with E-state index in [9.17, 15) is 0 Å². The van der Waals surface area contributed by atoms with Crippen molar-refractivity contribution in [3.05, 3.63) is 41.5 Å². The first-order valence-corrected chi connectivity index (χ1v) is 11.6. The van der Waals surface area contributed by atoms with Gasteiger partial charge in [-0.15, -0.1) is 34.2 Å². The van der Waals surface area contributed by atoms with Gasteiger partial charge in [-0.25, -0.2) is 0 Å². The smallest absolute Gasteiger partial charge is 0.191 e. The molecule has 9 nitrogen and oxygen atoms in total. The van der Waals surface area contributed by atoms with Gasteiger partial charge in [0.15, 0.2) is 11.8 Å². The molecule has 10 heteroatoms. The molecular weight excluding hydrogens is 533 g/mol. The minimum Gasteiger partial charge on any atom is -0.497 e. The Morgan fingerprint density at radius 2 is 1.88 bits per heavy atom. The Bertz CT molecular complexity index is 881. The summed E-state index contributed by atoms with van der Waals surface area (Å²) in [5, 5.41) is 15.7. The van der Waals surface area contributed by atoms with Crippen LogP contribution in [-0.4, -0.2) is 72.6 Å². The fourth-order valence-corrected chi connectivity index (χ4v) is 4.43. The molecule has 2 N–H and O–H groups in total. The number of hydrogen-bond donors (Lipinski definition) is 2. The molecule has 2 aliphatic rings. The Kier molecular flexibility index (Phi) is 10.2. The van der Waals surface area contributed by atoms with Crippen molar-refractivity contribution in [2.24, 2.45) is 4.99 Å². The molecule has 1 aromatic carbocycles. The third-order valence-electron chi connectivity index (χ3n) is 6.27. The lowest BCUT2D eigenvalue weighted by Gasteiger charge is -2.35. The number of aryl methyl sites for hydroxylation is 1. The molecule has 1 saturated heterocycles. The summed E-state index contributed by atoms with van der Waals surface area (Å²) in [6.07, 6.45) is 4.66. The van der Waals surface area contributed by atoms with Crippen LogP contribution in [0, 0.1) is 0 Å². The Hall–Kier alpha value is -1.92. The minimum atomic E-state index is 0. The maximum atomic E-state index is 5.57. The van der Waals surface area contributed by atoms with Crippen molar-refractivity contribution in [1.29, 1.82) is 0 Å². The largest absolute Gasteiger partial charge is 0.497 e. The summed E-state index contributed by atoms with van der Waals surface area (Å²) in [6, 6.07) is 8.54. The second kappa shape index (κ2) is 13.1. The Morgan fingerprint density at radius 1 is 1.09 bits per heavy atom. The van der Waals surface area contributed by atoms with Gasteiger partial charge in [0.1, 0.15) is 11.6 Å². The van der Waals surface area contributed by atoms with Crippen LogP contribution in [0.1, 0.15) is 42.5 Å². The number of aromatic nitrogens is 3. The van der Waals surface area contributed by atoms with Gasteiger partial charge in [0.25, 0.3) is 0 Å². The molecule has 2 aliphatic heterocycles. The molecule has 1 fully saturated rings.